The smallest absolute Gasteiger partial charge is 0.407 e. The number of pyridine rings is 1. The topological polar surface area (TPSA) is 157 Å². The molecule has 0 bridgehead atoms. The summed E-state index contributed by atoms with van der Waals surface area (Å²) in [5.74, 6) is 2.06. The summed E-state index contributed by atoms with van der Waals surface area (Å²) >= 11 is 0. The molecule has 12 heteroatoms. The Morgan fingerprint density at radius 3 is 2.67 bits per heavy atom. The second-order valence-corrected chi connectivity index (χ2v) is 18.1. The molecule has 2 aromatic carbocycles. The van der Waals surface area contributed by atoms with Gasteiger partial charge in [0, 0.05) is 55.1 Å². The number of aromatic hydroxyl groups is 2. The molecule has 3 heterocycles. The minimum absolute atomic E-state index is 0.00328. The molecule has 60 heavy (non-hydrogen) atoms. The summed E-state index contributed by atoms with van der Waals surface area (Å²) in [6, 6.07) is 14.9. The number of fused-ring (bicyclic) bond motifs is 6. The van der Waals surface area contributed by atoms with Crippen molar-refractivity contribution in [1.29, 1.82) is 0 Å². The minimum atomic E-state index is -0.445. The zero-order valence-electron chi connectivity index (χ0n) is 35.0. The average Bonchev–Trinajstić information content (AvgIpc) is 3.93. The van der Waals surface area contributed by atoms with Crippen LogP contribution in [0.3, 0.4) is 0 Å². The average molecular weight is 813 g/mol. The molecule has 6 atom stereocenters. The zero-order valence-corrected chi connectivity index (χ0v) is 35.0. The van der Waals surface area contributed by atoms with Crippen LogP contribution in [-0.4, -0.2) is 66.5 Å². The molecule has 4 N–H and O–H groups in total. The first-order chi connectivity index (χ1) is 28.9. The van der Waals surface area contributed by atoms with Crippen LogP contribution in [0.25, 0.3) is 33.6 Å². The minimum Gasteiger partial charge on any atom is -0.508 e. The molecule has 12 nitrogen and oxygen atoms in total. The van der Waals surface area contributed by atoms with Crippen molar-refractivity contribution in [1.82, 2.24) is 29.6 Å². The molecular weight excluding hydrogens is 757 g/mol. The van der Waals surface area contributed by atoms with E-state index < -0.39 is 5.69 Å². The van der Waals surface area contributed by atoms with Gasteiger partial charge >= 0.3 is 11.8 Å². The molecule has 0 spiro atoms. The van der Waals surface area contributed by atoms with Crippen LogP contribution in [0.4, 0.5) is 4.79 Å². The van der Waals surface area contributed by atoms with E-state index in [9.17, 15) is 19.8 Å². The first-order valence-electron chi connectivity index (χ1n) is 21.6. The number of allylic oxidation sites excluding steroid dienone is 3. The van der Waals surface area contributed by atoms with Gasteiger partial charge in [-0.25, -0.2) is 19.3 Å². The Morgan fingerprint density at radius 2 is 1.85 bits per heavy atom. The first-order valence-corrected chi connectivity index (χ1v) is 21.6. The number of hydrogen-bond acceptors (Lipinski definition) is 8. The number of aromatic nitrogens is 5. The van der Waals surface area contributed by atoms with Crippen LogP contribution in [0.5, 0.6) is 11.5 Å². The van der Waals surface area contributed by atoms with E-state index in [1.165, 1.54) is 40.2 Å². The fourth-order valence-corrected chi connectivity index (χ4v) is 11.4. The number of aromatic amines is 1. The van der Waals surface area contributed by atoms with Crippen molar-refractivity contribution in [2.75, 3.05) is 19.8 Å². The fourth-order valence-electron chi connectivity index (χ4n) is 11.4. The Hall–Kier alpha value is -5.62. The second kappa shape index (κ2) is 15.8. The Bertz CT molecular complexity index is 2530. The van der Waals surface area contributed by atoms with E-state index in [4.69, 9.17) is 9.47 Å². The molecule has 1 amide bonds. The summed E-state index contributed by atoms with van der Waals surface area (Å²) < 4.78 is 15.4. The molecule has 4 aliphatic carbocycles. The Labute approximate surface area is 350 Å². The van der Waals surface area contributed by atoms with Crippen molar-refractivity contribution in [3.05, 3.63) is 106 Å². The first kappa shape index (κ1) is 39.8. The van der Waals surface area contributed by atoms with E-state index >= 15 is 0 Å². The van der Waals surface area contributed by atoms with Gasteiger partial charge in [0.2, 0.25) is 0 Å². The standard InChI is InChI=1S/C48H56N6O6/c1-29(2)36-26-37(43(56)27-42(36)55)44-51-52-45(57)54(44)33-8-12-41-30(24-33)15-20-53(41)21-23-59-22-19-50-46(58)60-34-13-16-47(3)32(25-34)7-9-35-39-11-10-38(31-6-5-18-49-28-31)48(39,4)17-14-40(35)47/h5-8,10,12,15,18,20,24,26-29,34-35,39-40,55-56H,9,11,13-14,16-17,19,21-23,25H2,1-4H3,(H,50,58)(H,52,57)/t34?,35?,39-,40-,47?,48?/m0/s1. The van der Waals surface area contributed by atoms with Gasteiger partial charge in [-0.05, 0) is 126 Å². The number of phenols is 2. The van der Waals surface area contributed by atoms with Crippen LogP contribution >= 0.6 is 0 Å². The molecule has 4 unspecified atom stereocenters. The maximum absolute atomic E-state index is 13.0. The number of hydrogen-bond donors (Lipinski definition) is 4. The Balaban J connectivity index is 0.746. The van der Waals surface area contributed by atoms with Crippen LogP contribution in [0.1, 0.15) is 89.7 Å². The number of amides is 1. The van der Waals surface area contributed by atoms with E-state index in [0.717, 1.165) is 43.0 Å². The van der Waals surface area contributed by atoms with Gasteiger partial charge in [-0.3, -0.25) is 4.98 Å². The number of phenolic OH excluding ortho intramolecular Hbond substituents is 2. The zero-order chi connectivity index (χ0) is 41.8. The number of rotatable bonds is 11. The fraction of sp³-hybridized carbons (Fsp3) is 0.458. The number of H-pyrrole nitrogens is 1. The number of nitrogens with zero attached hydrogens (tertiary/aromatic N) is 4. The lowest BCUT2D eigenvalue weighted by atomic mass is 9.47. The highest BCUT2D eigenvalue weighted by Crippen LogP contribution is 2.66. The maximum atomic E-state index is 13.0. The van der Waals surface area contributed by atoms with Gasteiger partial charge in [0.05, 0.1) is 24.5 Å². The Morgan fingerprint density at radius 1 is 1.00 bits per heavy atom. The second-order valence-electron chi connectivity index (χ2n) is 18.1. The summed E-state index contributed by atoms with van der Waals surface area (Å²) in [6.07, 6.45) is 17.8. The van der Waals surface area contributed by atoms with Gasteiger partial charge in [0.1, 0.15) is 17.6 Å². The van der Waals surface area contributed by atoms with E-state index in [2.05, 4.69) is 63.2 Å². The highest BCUT2D eigenvalue weighted by Gasteiger charge is 2.57. The summed E-state index contributed by atoms with van der Waals surface area (Å²) in [5.41, 5.74) is 6.73. The largest absolute Gasteiger partial charge is 0.508 e. The van der Waals surface area contributed by atoms with E-state index in [-0.39, 0.29) is 46.3 Å². The number of nitrogens with one attached hydrogen (secondary N) is 2. The molecule has 2 saturated carbocycles. The lowest BCUT2D eigenvalue weighted by Gasteiger charge is -2.57. The summed E-state index contributed by atoms with van der Waals surface area (Å²) in [4.78, 5) is 30.3. The van der Waals surface area contributed by atoms with Crippen LogP contribution in [-0.2, 0) is 16.0 Å². The van der Waals surface area contributed by atoms with Crippen LogP contribution in [0, 0.1) is 28.6 Å². The molecule has 3 aromatic heterocycles. The third-order valence-electron chi connectivity index (χ3n) is 14.6. The van der Waals surface area contributed by atoms with Crippen molar-refractivity contribution >= 4 is 22.6 Å². The van der Waals surface area contributed by atoms with Gasteiger partial charge < -0.3 is 29.6 Å². The summed E-state index contributed by atoms with van der Waals surface area (Å²) in [6.45, 7) is 10.6. The summed E-state index contributed by atoms with van der Waals surface area (Å²) in [7, 11) is 0. The van der Waals surface area contributed by atoms with Crippen molar-refractivity contribution in [2.45, 2.75) is 91.2 Å². The molecular formula is C48H56N6O6. The molecule has 9 rings (SSSR count). The highest BCUT2D eigenvalue weighted by molar-refractivity contribution is 5.83. The lowest BCUT2D eigenvalue weighted by Crippen LogP contribution is -2.50. The lowest BCUT2D eigenvalue weighted by molar-refractivity contribution is -0.0263. The molecule has 0 saturated heterocycles. The summed E-state index contributed by atoms with van der Waals surface area (Å²) in [5, 5.41) is 31.6. The third kappa shape index (κ3) is 7.02. The van der Waals surface area contributed by atoms with Gasteiger partial charge in [-0.2, -0.15) is 5.10 Å². The number of carbonyl (C=O) groups excluding carboxylic acids is 1. The molecule has 4 aliphatic rings. The van der Waals surface area contributed by atoms with Crippen molar-refractivity contribution in [3.8, 4) is 28.6 Å². The normalized spacial score (nSPS) is 25.9. The van der Waals surface area contributed by atoms with Gasteiger partial charge in [-0.1, -0.05) is 51.5 Å². The van der Waals surface area contributed by atoms with Crippen LogP contribution in [0.15, 0.2) is 89.6 Å². The molecule has 0 aliphatic heterocycles. The number of ether oxygens (including phenoxy) is 2. The van der Waals surface area contributed by atoms with Crippen molar-refractivity contribution in [3.63, 3.8) is 0 Å². The quantitative estimate of drug-likeness (QED) is 0.0762. The number of carbonyl (C=O) groups is 1. The number of benzene rings is 2. The van der Waals surface area contributed by atoms with E-state index in [1.54, 1.807) is 6.07 Å². The van der Waals surface area contributed by atoms with Gasteiger partial charge in [0.15, 0.2) is 5.82 Å². The van der Waals surface area contributed by atoms with E-state index in [0.29, 0.717) is 60.9 Å². The van der Waals surface area contributed by atoms with Gasteiger partial charge in [-0.15, -0.1) is 0 Å². The molecule has 0 radical (unpaired) electrons. The van der Waals surface area contributed by atoms with Crippen molar-refractivity contribution in [2.24, 2.45) is 28.6 Å². The maximum Gasteiger partial charge on any atom is 0.407 e. The molecule has 314 valence electrons. The molecule has 5 aromatic rings. The SMILES string of the molecule is CC(C)c1cc(-c2n[nH]c(=O)n2-c2ccc3c(ccn3CCOCCNC(=O)OC3CCC4(C)C(=CCC5[C@@H]4CCC4(C)C(c6cccnc6)=CC[C@@H]54)C3)c2)c(O)cc1O. The van der Waals surface area contributed by atoms with E-state index in [1.807, 2.05) is 56.7 Å². The number of alkyl carbamates (subject to hydrolysis) is 1. The predicted molar refractivity (Wildman–Crippen MR) is 231 cm³/mol. The van der Waals surface area contributed by atoms with Gasteiger partial charge in [0.25, 0.3) is 0 Å². The van der Waals surface area contributed by atoms with Crippen LogP contribution < -0.4 is 11.0 Å². The monoisotopic (exact) mass is 812 g/mol. The third-order valence-corrected chi connectivity index (χ3v) is 14.6. The molecule has 2 fully saturated rings. The Kier molecular flexibility index (Phi) is 10.5. The van der Waals surface area contributed by atoms with Crippen LogP contribution in [0.2, 0.25) is 0 Å². The highest BCUT2D eigenvalue weighted by atomic mass is 16.6. The van der Waals surface area contributed by atoms with Crippen molar-refractivity contribution < 1.29 is 24.5 Å². The predicted octanol–water partition coefficient (Wildman–Crippen LogP) is 8.88.